The van der Waals surface area contributed by atoms with Gasteiger partial charge in [0.05, 0.1) is 0 Å². The third kappa shape index (κ3) is 2.12. The fraction of sp³-hybridized carbons (Fsp3) is 0.125. The van der Waals surface area contributed by atoms with Gasteiger partial charge in [0.15, 0.2) is 5.92 Å². The van der Waals surface area contributed by atoms with E-state index in [-0.39, 0.29) is 0 Å². The lowest BCUT2D eigenvalue weighted by atomic mass is 9.78. The first-order chi connectivity index (χ1) is 10.1. The summed E-state index contributed by atoms with van der Waals surface area (Å²) in [6.07, 6.45) is 0. The standard InChI is InChI=1S/C16H12O5/c17-15(18)14(16(19)20)13-9-5-1-3-7-11(9)21-12-8-4-2-6-10(12)13/h1-8,13-14H,(H,17,18)(H,19,20). The molecule has 3 rings (SSSR count). The SMILES string of the molecule is O=C(O)C(C(=O)O)C1c2ccccc2Oc2ccccc21. The molecule has 5 heteroatoms. The number of carboxylic acids is 2. The van der Waals surface area contributed by atoms with Gasteiger partial charge in [-0.05, 0) is 12.1 Å². The van der Waals surface area contributed by atoms with Gasteiger partial charge >= 0.3 is 11.9 Å². The molecule has 0 fully saturated rings. The van der Waals surface area contributed by atoms with E-state index in [4.69, 9.17) is 4.74 Å². The molecular weight excluding hydrogens is 272 g/mol. The quantitative estimate of drug-likeness (QED) is 0.847. The van der Waals surface area contributed by atoms with Crippen molar-refractivity contribution in [3.63, 3.8) is 0 Å². The van der Waals surface area contributed by atoms with Gasteiger partial charge in [0.25, 0.3) is 0 Å². The van der Waals surface area contributed by atoms with Crippen LogP contribution in [0.25, 0.3) is 0 Å². The molecule has 0 saturated carbocycles. The van der Waals surface area contributed by atoms with Crippen LogP contribution in [0, 0.1) is 5.92 Å². The molecular formula is C16H12O5. The van der Waals surface area contributed by atoms with Gasteiger partial charge in [-0.3, -0.25) is 9.59 Å². The second kappa shape index (κ2) is 4.94. The maximum absolute atomic E-state index is 11.4. The second-order valence-electron chi connectivity index (χ2n) is 4.81. The Morgan fingerprint density at radius 1 is 0.857 bits per heavy atom. The van der Waals surface area contributed by atoms with E-state index in [0.29, 0.717) is 22.6 Å². The summed E-state index contributed by atoms with van der Waals surface area (Å²) in [6.45, 7) is 0. The first-order valence-corrected chi connectivity index (χ1v) is 6.41. The zero-order valence-corrected chi connectivity index (χ0v) is 10.9. The molecule has 1 heterocycles. The van der Waals surface area contributed by atoms with Crippen LogP contribution < -0.4 is 4.74 Å². The molecule has 0 saturated heterocycles. The summed E-state index contributed by atoms with van der Waals surface area (Å²) in [5.41, 5.74) is 1.15. The van der Waals surface area contributed by atoms with Crippen molar-refractivity contribution in [3.05, 3.63) is 59.7 Å². The summed E-state index contributed by atoms with van der Waals surface area (Å²) in [6, 6.07) is 13.8. The maximum atomic E-state index is 11.4. The Bertz CT molecular complexity index is 663. The summed E-state index contributed by atoms with van der Waals surface area (Å²) < 4.78 is 5.73. The first-order valence-electron chi connectivity index (χ1n) is 6.41. The number of para-hydroxylation sites is 2. The van der Waals surface area contributed by atoms with Crippen LogP contribution in [-0.2, 0) is 9.59 Å². The van der Waals surface area contributed by atoms with Crippen molar-refractivity contribution in [1.29, 1.82) is 0 Å². The molecule has 0 aliphatic carbocycles. The van der Waals surface area contributed by atoms with E-state index in [0.717, 1.165) is 0 Å². The molecule has 2 N–H and O–H groups in total. The molecule has 2 aromatic carbocycles. The number of hydrogen-bond acceptors (Lipinski definition) is 3. The third-order valence-electron chi connectivity index (χ3n) is 3.59. The van der Waals surface area contributed by atoms with Crippen LogP contribution in [0.2, 0.25) is 0 Å². The molecule has 0 aromatic heterocycles. The number of ether oxygens (including phenoxy) is 1. The fourth-order valence-electron chi connectivity index (χ4n) is 2.70. The van der Waals surface area contributed by atoms with Crippen molar-refractivity contribution in [3.8, 4) is 11.5 Å². The Morgan fingerprint density at radius 2 is 1.29 bits per heavy atom. The van der Waals surface area contributed by atoms with E-state index in [1.54, 1.807) is 48.5 Å². The third-order valence-corrected chi connectivity index (χ3v) is 3.59. The Labute approximate surface area is 120 Å². The van der Waals surface area contributed by atoms with Crippen LogP contribution in [0.15, 0.2) is 48.5 Å². The van der Waals surface area contributed by atoms with E-state index in [9.17, 15) is 19.8 Å². The summed E-state index contributed by atoms with van der Waals surface area (Å²) in [5, 5.41) is 18.7. The van der Waals surface area contributed by atoms with Gasteiger partial charge in [-0.1, -0.05) is 36.4 Å². The van der Waals surface area contributed by atoms with Gasteiger partial charge in [0.1, 0.15) is 11.5 Å². The molecule has 5 nitrogen and oxygen atoms in total. The summed E-state index contributed by atoms with van der Waals surface area (Å²) in [5.74, 6) is -4.07. The molecule has 0 radical (unpaired) electrons. The van der Waals surface area contributed by atoms with Crippen LogP contribution in [-0.4, -0.2) is 22.2 Å². The number of benzene rings is 2. The monoisotopic (exact) mass is 284 g/mol. The molecule has 1 aliphatic heterocycles. The molecule has 0 bridgehead atoms. The maximum Gasteiger partial charge on any atom is 0.318 e. The van der Waals surface area contributed by atoms with Gasteiger partial charge in [-0.15, -0.1) is 0 Å². The summed E-state index contributed by atoms with van der Waals surface area (Å²) in [4.78, 5) is 22.9. The molecule has 0 amide bonds. The van der Waals surface area contributed by atoms with Gasteiger partial charge in [0, 0.05) is 17.0 Å². The minimum atomic E-state index is -1.56. The van der Waals surface area contributed by atoms with Crippen molar-refractivity contribution in [2.75, 3.05) is 0 Å². The molecule has 1 aliphatic rings. The fourth-order valence-corrected chi connectivity index (χ4v) is 2.70. The molecule has 106 valence electrons. The number of aliphatic carboxylic acids is 2. The zero-order chi connectivity index (χ0) is 15.0. The summed E-state index contributed by atoms with van der Waals surface area (Å²) >= 11 is 0. The Balaban J connectivity index is 2.23. The van der Waals surface area contributed by atoms with Gasteiger partial charge in [-0.25, -0.2) is 0 Å². The van der Waals surface area contributed by atoms with Crippen LogP contribution in [0.1, 0.15) is 17.0 Å². The lowest BCUT2D eigenvalue weighted by Crippen LogP contribution is -2.32. The lowest BCUT2D eigenvalue weighted by Gasteiger charge is -2.30. The highest BCUT2D eigenvalue weighted by molar-refractivity contribution is 5.95. The van der Waals surface area contributed by atoms with Crippen molar-refractivity contribution < 1.29 is 24.5 Å². The smallest absolute Gasteiger partial charge is 0.318 e. The van der Waals surface area contributed by atoms with Gasteiger partial charge in [0.2, 0.25) is 0 Å². The number of carboxylic acid groups (broad SMARTS) is 2. The molecule has 0 spiro atoms. The van der Waals surface area contributed by atoms with Gasteiger partial charge in [-0.2, -0.15) is 0 Å². The van der Waals surface area contributed by atoms with E-state index >= 15 is 0 Å². The topological polar surface area (TPSA) is 83.8 Å². The highest BCUT2D eigenvalue weighted by Crippen LogP contribution is 2.47. The minimum Gasteiger partial charge on any atom is -0.481 e. The molecule has 0 unspecified atom stereocenters. The van der Waals surface area contributed by atoms with Crippen molar-refractivity contribution >= 4 is 11.9 Å². The van der Waals surface area contributed by atoms with Crippen LogP contribution in [0.3, 0.4) is 0 Å². The predicted molar refractivity (Wildman–Crippen MR) is 73.6 cm³/mol. The lowest BCUT2D eigenvalue weighted by molar-refractivity contribution is -0.155. The normalized spacial score (nSPS) is 13.2. The second-order valence-corrected chi connectivity index (χ2v) is 4.81. The predicted octanol–water partition coefficient (Wildman–Crippen LogP) is 2.71. The van der Waals surface area contributed by atoms with Gasteiger partial charge < -0.3 is 14.9 Å². The molecule has 21 heavy (non-hydrogen) atoms. The van der Waals surface area contributed by atoms with Crippen molar-refractivity contribution in [2.45, 2.75) is 5.92 Å². The molecule has 2 aromatic rings. The highest BCUT2D eigenvalue weighted by atomic mass is 16.5. The highest BCUT2D eigenvalue weighted by Gasteiger charge is 2.41. The molecule has 0 atom stereocenters. The first kappa shape index (κ1) is 13.2. The van der Waals surface area contributed by atoms with E-state index in [1.807, 2.05) is 0 Å². The largest absolute Gasteiger partial charge is 0.481 e. The average molecular weight is 284 g/mol. The number of fused-ring (bicyclic) bond motifs is 2. The summed E-state index contributed by atoms with van der Waals surface area (Å²) in [7, 11) is 0. The number of hydrogen-bond donors (Lipinski definition) is 2. The van der Waals surface area contributed by atoms with E-state index in [2.05, 4.69) is 0 Å². The van der Waals surface area contributed by atoms with E-state index < -0.39 is 23.8 Å². The van der Waals surface area contributed by atoms with Crippen LogP contribution >= 0.6 is 0 Å². The van der Waals surface area contributed by atoms with Crippen LogP contribution in [0.4, 0.5) is 0 Å². The number of carbonyl (C=O) groups is 2. The van der Waals surface area contributed by atoms with Crippen molar-refractivity contribution in [2.24, 2.45) is 5.92 Å². The van der Waals surface area contributed by atoms with Crippen LogP contribution in [0.5, 0.6) is 11.5 Å². The van der Waals surface area contributed by atoms with E-state index in [1.165, 1.54) is 0 Å². The number of rotatable bonds is 3. The minimum absolute atomic E-state index is 0.494. The Hall–Kier alpha value is -2.82. The van der Waals surface area contributed by atoms with Crippen molar-refractivity contribution in [1.82, 2.24) is 0 Å². The zero-order valence-electron chi connectivity index (χ0n) is 10.9. The Morgan fingerprint density at radius 3 is 1.71 bits per heavy atom. The Kier molecular flexibility index (Phi) is 3.10. The average Bonchev–Trinajstić information content (AvgIpc) is 2.46.